The van der Waals surface area contributed by atoms with E-state index in [0.717, 1.165) is 0 Å². The molecule has 0 unspecified atom stereocenters. The average molecular weight is 175 g/mol. The molecule has 0 amide bonds. The number of carbonyl (C=O) groups is 1. The van der Waals surface area contributed by atoms with Gasteiger partial charge in [-0.1, -0.05) is 0 Å². The third kappa shape index (κ3) is 2.17. The van der Waals surface area contributed by atoms with Crippen LogP contribution in [0.25, 0.3) is 0 Å². The number of nitrogens with one attached hydrogen (secondary N) is 1. The topological polar surface area (TPSA) is 89.8 Å². The molecule has 5 nitrogen and oxygen atoms in total. The Hall–Kier alpha value is -0.650. The maximum absolute atomic E-state index is 10.5. The van der Waals surface area contributed by atoms with E-state index in [2.05, 4.69) is 5.32 Å². The Morgan fingerprint density at radius 1 is 1.50 bits per heavy atom. The van der Waals surface area contributed by atoms with Crippen molar-refractivity contribution in [2.75, 3.05) is 6.61 Å². The molecule has 0 spiro atoms. The lowest BCUT2D eigenvalue weighted by Crippen LogP contribution is -2.52. The summed E-state index contributed by atoms with van der Waals surface area (Å²) in [6.07, 6.45) is 0.0102. The Labute approximate surface area is 70.0 Å². The summed E-state index contributed by atoms with van der Waals surface area (Å²) < 4.78 is 0. The summed E-state index contributed by atoms with van der Waals surface area (Å²) in [4.78, 5) is 10.5. The van der Waals surface area contributed by atoms with Gasteiger partial charge in [-0.2, -0.15) is 0 Å². The van der Waals surface area contributed by atoms with Crippen molar-refractivity contribution in [2.45, 2.75) is 31.0 Å². The van der Waals surface area contributed by atoms with Crippen LogP contribution in [0.4, 0.5) is 0 Å². The van der Waals surface area contributed by atoms with Gasteiger partial charge in [0.05, 0.1) is 12.7 Å². The van der Waals surface area contributed by atoms with E-state index in [1.807, 2.05) is 0 Å². The molecule has 4 N–H and O–H groups in total. The Balaban J connectivity index is 2.51. The molecule has 0 aromatic heterocycles. The van der Waals surface area contributed by atoms with Gasteiger partial charge in [0.25, 0.3) is 0 Å². The van der Waals surface area contributed by atoms with Gasteiger partial charge in [-0.3, -0.25) is 10.1 Å². The van der Waals surface area contributed by atoms with E-state index in [9.17, 15) is 9.90 Å². The smallest absolute Gasteiger partial charge is 0.320 e. The van der Waals surface area contributed by atoms with E-state index in [4.69, 9.17) is 10.2 Å². The number of rotatable bonds is 2. The van der Waals surface area contributed by atoms with E-state index in [0.29, 0.717) is 6.42 Å². The van der Waals surface area contributed by atoms with Gasteiger partial charge in [0, 0.05) is 6.04 Å². The van der Waals surface area contributed by atoms with Crippen LogP contribution < -0.4 is 5.32 Å². The summed E-state index contributed by atoms with van der Waals surface area (Å²) in [7, 11) is 0. The summed E-state index contributed by atoms with van der Waals surface area (Å²) in [6.45, 7) is -0.138. The van der Waals surface area contributed by atoms with Crippen molar-refractivity contribution in [3.05, 3.63) is 0 Å². The van der Waals surface area contributed by atoms with Crippen molar-refractivity contribution in [1.29, 1.82) is 0 Å². The highest BCUT2D eigenvalue weighted by atomic mass is 16.4. The van der Waals surface area contributed by atoms with E-state index >= 15 is 0 Å². The van der Waals surface area contributed by atoms with Crippen LogP contribution >= 0.6 is 0 Å². The van der Waals surface area contributed by atoms with Crippen LogP contribution in [0.3, 0.4) is 0 Å². The molecule has 1 aliphatic heterocycles. The maximum Gasteiger partial charge on any atom is 0.320 e. The van der Waals surface area contributed by atoms with E-state index in [1.165, 1.54) is 0 Å². The predicted octanol–water partition coefficient (Wildman–Crippen LogP) is -1.46. The molecule has 1 heterocycles. The number of aliphatic carboxylic acids is 1. The molecular weight excluding hydrogens is 162 g/mol. The zero-order valence-corrected chi connectivity index (χ0v) is 6.60. The van der Waals surface area contributed by atoms with Crippen LogP contribution in [0.15, 0.2) is 0 Å². The number of piperidine rings is 1. The minimum atomic E-state index is -0.979. The normalized spacial score (nSPS) is 36.3. The molecule has 1 fully saturated rings. The number of carboxylic acids is 1. The third-order valence-corrected chi connectivity index (χ3v) is 2.02. The highest BCUT2D eigenvalue weighted by Crippen LogP contribution is 2.13. The zero-order valence-electron chi connectivity index (χ0n) is 6.60. The van der Waals surface area contributed by atoms with Gasteiger partial charge in [-0.15, -0.1) is 0 Å². The molecule has 1 rings (SSSR count). The largest absolute Gasteiger partial charge is 0.480 e. The van der Waals surface area contributed by atoms with Crippen LogP contribution in [-0.2, 0) is 4.79 Å². The summed E-state index contributed by atoms with van der Waals surface area (Å²) in [5.74, 6) is -0.979. The van der Waals surface area contributed by atoms with Gasteiger partial charge in [0.2, 0.25) is 0 Å². The van der Waals surface area contributed by atoms with Gasteiger partial charge in [-0.25, -0.2) is 0 Å². The molecule has 0 radical (unpaired) electrons. The summed E-state index contributed by atoms with van der Waals surface area (Å²) in [5, 5.41) is 29.3. The van der Waals surface area contributed by atoms with Gasteiger partial charge >= 0.3 is 5.97 Å². The fourth-order valence-corrected chi connectivity index (χ4v) is 1.42. The molecule has 3 atom stereocenters. The first-order valence-corrected chi connectivity index (χ1v) is 3.91. The standard InChI is InChI=1S/C7H13NO4/c9-3-4-1-5(10)2-6(8-4)7(11)12/h4-6,8-10H,1-3H2,(H,11,12)/t4-,5+,6+/m1/s1. The third-order valence-electron chi connectivity index (χ3n) is 2.02. The molecule has 0 aromatic rings. The van der Waals surface area contributed by atoms with Crippen molar-refractivity contribution >= 4 is 5.97 Å². The molecule has 1 saturated heterocycles. The average Bonchev–Trinajstić information content (AvgIpc) is 2.03. The van der Waals surface area contributed by atoms with E-state index in [1.54, 1.807) is 0 Å². The first-order chi connectivity index (χ1) is 5.63. The Morgan fingerprint density at radius 3 is 2.67 bits per heavy atom. The number of aliphatic hydroxyl groups excluding tert-OH is 2. The maximum atomic E-state index is 10.5. The minimum Gasteiger partial charge on any atom is -0.480 e. The second-order valence-corrected chi connectivity index (χ2v) is 3.06. The van der Waals surface area contributed by atoms with Gasteiger partial charge < -0.3 is 15.3 Å². The molecule has 0 bridgehead atoms. The number of carboxylic acid groups (broad SMARTS) is 1. The second-order valence-electron chi connectivity index (χ2n) is 3.06. The van der Waals surface area contributed by atoms with Crippen molar-refractivity contribution in [1.82, 2.24) is 5.32 Å². The summed E-state index contributed by atoms with van der Waals surface area (Å²) in [6, 6.07) is -1.03. The first-order valence-electron chi connectivity index (χ1n) is 3.91. The monoisotopic (exact) mass is 175 g/mol. The Kier molecular flexibility index (Phi) is 3.02. The number of hydrogen-bond acceptors (Lipinski definition) is 4. The Morgan fingerprint density at radius 2 is 2.17 bits per heavy atom. The summed E-state index contributed by atoms with van der Waals surface area (Å²) >= 11 is 0. The highest BCUT2D eigenvalue weighted by molar-refractivity contribution is 5.73. The zero-order chi connectivity index (χ0) is 9.14. The molecule has 5 heteroatoms. The van der Waals surface area contributed by atoms with Crippen LogP contribution in [0.1, 0.15) is 12.8 Å². The lowest BCUT2D eigenvalue weighted by molar-refractivity contribution is -0.141. The van der Waals surface area contributed by atoms with Gasteiger partial charge in [0.1, 0.15) is 6.04 Å². The minimum absolute atomic E-state index is 0.138. The first kappa shape index (κ1) is 9.44. The molecular formula is C7H13NO4. The molecule has 0 aromatic carbocycles. The van der Waals surface area contributed by atoms with Crippen molar-refractivity contribution in [2.24, 2.45) is 0 Å². The predicted molar refractivity (Wildman–Crippen MR) is 40.7 cm³/mol. The molecule has 1 aliphatic rings. The van der Waals surface area contributed by atoms with Crippen molar-refractivity contribution in [3.8, 4) is 0 Å². The molecule has 12 heavy (non-hydrogen) atoms. The highest BCUT2D eigenvalue weighted by Gasteiger charge is 2.30. The van der Waals surface area contributed by atoms with Gasteiger partial charge in [-0.05, 0) is 12.8 Å². The van der Waals surface area contributed by atoms with Crippen LogP contribution in [-0.4, -0.2) is 46.1 Å². The number of hydrogen-bond donors (Lipinski definition) is 4. The lowest BCUT2D eigenvalue weighted by Gasteiger charge is -2.30. The van der Waals surface area contributed by atoms with E-state index < -0.39 is 18.1 Å². The van der Waals surface area contributed by atoms with Crippen molar-refractivity contribution in [3.63, 3.8) is 0 Å². The van der Waals surface area contributed by atoms with Crippen molar-refractivity contribution < 1.29 is 20.1 Å². The lowest BCUT2D eigenvalue weighted by atomic mass is 9.96. The second kappa shape index (κ2) is 3.84. The molecule has 0 aliphatic carbocycles. The fourth-order valence-electron chi connectivity index (χ4n) is 1.42. The van der Waals surface area contributed by atoms with Crippen LogP contribution in [0.2, 0.25) is 0 Å². The number of aliphatic hydroxyl groups is 2. The van der Waals surface area contributed by atoms with Crippen LogP contribution in [0.5, 0.6) is 0 Å². The van der Waals surface area contributed by atoms with E-state index in [-0.39, 0.29) is 19.1 Å². The SMILES string of the molecule is O=C(O)[C@@H]1C[C@@H](O)C[C@H](CO)N1. The fraction of sp³-hybridized carbons (Fsp3) is 0.857. The molecule has 70 valence electrons. The Bertz CT molecular complexity index is 173. The molecule has 0 saturated carbocycles. The quantitative estimate of drug-likeness (QED) is 0.412. The summed E-state index contributed by atoms with van der Waals surface area (Å²) in [5.41, 5.74) is 0. The van der Waals surface area contributed by atoms with Crippen LogP contribution in [0, 0.1) is 0 Å². The van der Waals surface area contributed by atoms with Gasteiger partial charge in [0.15, 0.2) is 0 Å².